The van der Waals surface area contributed by atoms with Crippen molar-refractivity contribution < 1.29 is 4.79 Å². The Hall–Kier alpha value is -1.14. The molecular weight excluding hydrogens is 314 g/mol. The molecule has 0 N–H and O–H groups in total. The summed E-state index contributed by atoms with van der Waals surface area (Å²) in [5.74, 6) is 0.00271. The van der Waals surface area contributed by atoms with Crippen LogP contribution in [0.2, 0.25) is 0 Å². The van der Waals surface area contributed by atoms with Crippen LogP contribution in [-0.4, -0.2) is 27.6 Å². The lowest BCUT2D eigenvalue weighted by atomic mass is 10.2. The van der Waals surface area contributed by atoms with Gasteiger partial charge in [-0.05, 0) is 39.9 Å². The molecular formula is C12H14BrN3OS. The standard InChI is InChI=1S/C12H14BrN3OS/c1-8-10(5-14-16(8)3)12(17)15(2)6-9-4-11(13)18-7-9/h4-5,7H,6H2,1-3H3. The van der Waals surface area contributed by atoms with Gasteiger partial charge in [-0.2, -0.15) is 5.10 Å². The van der Waals surface area contributed by atoms with Crippen molar-refractivity contribution >= 4 is 33.2 Å². The molecule has 4 nitrogen and oxygen atoms in total. The van der Waals surface area contributed by atoms with E-state index in [1.54, 1.807) is 34.2 Å². The van der Waals surface area contributed by atoms with Crippen LogP contribution in [0.25, 0.3) is 0 Å². The SMILES string of the molecule is Cc1c(C(=O)N(C)Cc2csc(Br)c2)cnn1C. The molecule has 1 amide bonds. The molecule has 0 saturated heterocycles. The number of carbonyl (C=O) groups is 1. The Kier molecular flexibility index (Phi) is 3.87. The van der Waals surface area contributed by atoms with Crippen LogP contribution in [0.4, 0.5) is 0 Å². The van der Waals surface area contributed by atoms with Gasteiger partial charge in [-0.15, -0.1) is 11.3 Å². The van der Waals surface area contributed by atoms with Gasteiger partial charge in [0.15, 0.2) is 0 Å². The van der Waals surface area contributed by atoms with Crippen molar-refractivity contribution in [1.82, 2.24) is 14.7 Å². The van der Waals surface area contributed by atoms with Gasteiger partial charge in [0.05, 0.1) is 15.5 Å². The molecule has 2 aromatic heterocycles. The highest BCUT2D eigenvalue weighted by atomic mass is 79.9. The largest absolute Gasteiger partial charge is 0.337 e. The fourth-order valence-electron chi connectivity index (χ4n) is 1.69. The molecule has 0 aliphatic heterocycles. The van der Waals surface area contributed by atoms with Gasteiger partial charge in [0.25, 0.3) is 5.91 Å². The van der Waals surface area contributed by atoms with Crippen molar-refractivity contribution in [3.05, 3.63) is 38.3 Å². The van der Waals surface area contributed by atoms with E-state index in [1.165, 1.54) is 0 Å². The molecule has 0 bridgehead atoms. The number of aryl methyl sites for hydroxylation is 1. The lowest BCUT2D eigenvalue weighted by Crippen LogP contribution is -2.26. The molecule has 0 unspecified atom stereocenters. The van der Waals surface area contributed by atoms with Gasteiger partial charge in [0.1, 0.15) is 0 Å². The summed E-state index contributed by atoms with van der Waals surface area (Å²) in [7, 11) is 3.64. The molecule has 18 heavy (non-hydrogen) atoms. The number of nitrogens with zero attached hydrogens (tertiary/aromatic N) is 3. The van der Waals surface area contributed by atoms with E-state index in [0.717, 1.165) is 15.0 Å². The Labute approximate surface area is 118 Å². The summed E-state index contributed by atoms with van der Waals surface area (Å²) >= 11 is 5.04. The first-order valence-corrected chi connectivity index (χ1v) is 7.13. The minimum atomic E-state index is 0.00271. The van der Waals surface area contributed by atoms with E-state index in [9.17, 15) is 4.79 Å². The summed E-state index contributed by atoms with van der Waals surface area (Å²) in [5.41, 5.74) is 2.68. The molecule has 0 saturated carbocycles. The van der Waals surface area contributed by atoms with Gasteiger partial charge >= 0.3 is 0 Å². The average molecular weight is 328 g/mol. The summed E-state index contributed by atoms with van der Waals surface area (Å²) in [4.78, 5) is 14.0. The number of hydrogen-bond donors (Lipinski definition) is 0. The van der Waals surface area contributed by atoms with Crippen molar-refractivity contribution in [2.24, 2.45) is 7.05 Å². The number of hydrogen-bond acceptors (Lipinski definition) is 3. The Morgan fingerprint density at radius 3 is 2.83 bits per heavy atom. The summed E-state index contributed by atoms with van der Waals surface area (Å²) in [6.07, 6.45) is 1.62. The highest BCUT2D eigenvalue weighted by Gasteiger charge is 2.17. The highest BCUT2D eigenvalue weighted by molar-refractivity contribution is 9.11. The molecule has 2 aromatic rings. The van der Waals surface area contributed by atoms with Crippen LogP contribution in [-0.2, 0) is 13.6 Å². The Bertz CT molecular complexity index is 576. The van der Waals surface area contributed by atoms with Crippen LogP contribution in [0, 0.1) is 6.92 Å². The van der Waals surface area contributed by atoms with Gasteiger partial charge in [-0.25, -0.2) is 0 Å². The van der Waals surface area contributed by atoms with Gasteiger partial charge in [-0.1, -0.05) is 0 Å². The van der Waals surface area contributed by atoms with E-state index in [1.807, 2.05) is 25.4 Å². The molecule has 6 heteroatoms. The van der Waals surface area contributed by atoms with Crippen LogP contribution in [0.5, 0.6) is 0 Å². The maximum Gasteiger partial charge on any atom is 0.257 e. The fourth-order valence-corrected chi connectivity index (χ4v) is 2.89. The number of rotatable bonds is 3. The van der Waals surface area contributed by atoms with Crippen molar-refractivity contribution in [2.75, 3.05) is 7.05 Å². The second kappa shape index (κ2) is 5.24. The molecule has 0 aromatic carbocycles. The fraction of sp³-hybridized carbons (Fsp3) is 0.333. The van der Waals surface area contributed by atoms with Crippen molar-refractivity contribution in [1.29, 1.82) is 0 Å². The normalized spacial score (nSPS) is 10.7. The molecule has 96 valence electrons. The van der Waals surface area contributed by atoms with E-state index in [4.69, 9.17) is 0 Å². The summed E-state index contributed by atoms with van der Waals surface area (Å²) in [6.45, 7) is 2.50. The van der Waals surface area contributed by atoms with E-state index in [0.29, 0.717) is 12.1 Å². The molecule has 0 radical (unpaired) electrons. The molecule has 2 rings (SSSR count). The first-order valence-electron chi connectivity index (χ1n) is 5.46. The van der Waals surface area contributed by atoms with E-state index in [-0.39, 0.29) is 5.91 Å². The third kappa shape index (κ3) is 2.64. The van der Waals surface area contributed by atoms with Crippen LogP contribution < -0.4 is 0 Å². The average Bonchev–Trinajstić information content (AvgIpc) is 2.87. The first-order chi connectivity index (χ1) is 8.49. The molecule has 0 atom stereocenters. The molecule has 0 aliphatic carbocycles. The second-order valence-electron chi connectivity index (χ2n) is 4.19. The smallest absolute Gasteiger partial charge is 0.257 e. The van der Waals surface area contributed by atoms with Crippen LogP contribution >= 0.6 is 27.3 Å². The van der Waals surface area contributed by atoms with Crippen LogP contribution in [0.1, 0.15) is 21.6 Å². The van der Waals surface area contributed by atoms with Gasteiger partial charge in [0, 0.05) is 26.3 Å². The number of aromatic nitrogens is 2. The van der Waals surface area contributed by atoms with E-state index < -0.39 is 0 Å². The van der Waals surface area contributed by atoms with Gasteiger partial charge in [0.2, 0.25) is 0 Å². The number of thiophene rings is 1. The number of amides is 1. The number of carbonyl (C=O) groups excluding carboxylic acids is 1. The molecule has 0 aliphatic rings. The predicted molar refractivity (Wildman–Crippen MR) is 75.8 cm³/mol. The lowest BCUT2D eigenvalue weighted by molar-refractivity contribution is 0.0784. The zero-order chi connectivity index (χ0) is 13.3. The maximum atomic E-state index is 12.3. The zero-order valence-electron chi connectivity index (χ0n) is 10.5. The van der Waals surface area contributed by atoms with Crippen molar-refractivity contribution in [3.63, 3.8) is 0 Å². The third-order valence-electron chi connectivity index (χ3n) is 2.85. The van der Waals surface area contributed by atoms with Crippen LogP contribution in [0.3, 0.4) is 0 Å². The minimum Gasteiger partial charge on any atom is -0.337 e. The third-order valence-corrected chi connectivity index (χ3v) is 4.41. The van der Waals surface area contributed by atoms with Gasteiger partial charge < -0.3 is 4.90 Å². The Morgan fingerprint density at radius 1 is 1.61 bits per heavy atom. The summed E-state index contributed by atoms with van der Waals surface area (Å²) < 4.78 is 2.79. The predicted octanol–water partition coefficient (Wildman–Crippen LogP) is 2.82. The minimum absolute atomic E-state index is 0.00271. The Morgan fingerprint density at radius 2 is 2.33 bits per heavy atom. The number of halogens is 1. The van der Waals surface area contributed by atoms with Crippen molar-refractivity contribution in [2.45, 2.75) is 13.5 Å². The lowest BCUT2D eigenvalue weighted by Gasteiger charge is -2.16. The summed E-state index contributed by atoms with van der Waals surface area (Å²) in [6, 6.07) is 2.03. The highest BCUT2D eigenvalue weighted by Crippen LogP contribution is 2.22. The second-order valence-corrected chi connectivity index (χ2v) is 6.48. The first kappa shape index (κ1) is 13.3. The Balaban J connectivity index is 2.12. The summed E-state index contributed by atoms with van der Waals surface area (Å²) in [5, 5.41) is 6.14. The zero-order valence-corrected chi connectivity index (χ0v) is 12.9. The topological polar surface area (TPSA) is 38.1 Å². The van der Waals surface area contributed by atoms with E-state index in [2.05, 4.69) is 21.0 Å². The van der Waals surface area contributed by atoms with Crippen molar-refractivity contribution in [3.8, 4) is 0 Å². The quantitative estimate of drug-likeness (QED) is 0.869. The molecule has 0 spiro atoms. The molecule has 2 heterocycles. The van der Waals surface area contributed by atoms with Gasteiger partial charge in [-0.3, -0.25) is 9.48 Å². The van der Waals surface area contributed by atoms with Crippen LogP contribution in [0.15, 0.2) is 21.4 Å². The maximum absolute atomic E-state index is 12.3. The monoisotopic (exact) mass is 327 g/mol. The molecule has 0 fully saturated rings. The van der Waals surface area contributed by atoms with E-state index >= 15 is 0 Å².